The maximum atomic E-state index is 15.1. The molecule has 168 valence electrons. The minimum Gasteiger partial charge on any atom is -0.496 e. The van der Waals surface area contributed by atoms with Gasteiger partial charge in [-0.15, -0.1) is 0 Å². The van der Waals surface area contributed by atoms with Gasteiger partial charge in [0.05, 0.1) is 25.3 Å². The van der Waals surface area contributed by atoms with Crippen LogP contribution in [0.5, 0.6) is 5.75 Å². The minimum atomic E-state index is -0.352. The second kappa shape index (κ2) is 8.78. The molecule has 0 unspecified atom stereocenters. The third kappa shape index (κ3) is 4.30. The Kier molecular flexibility index (Phi) is 5.52. The number of rotatable bonds is 8. The highest BCUT2D eigenvalue weighted by molar-refractivity contribution is 5.85. The molecule has 0 atom stereocenters. The topological polar surface area (TPSA) is 93.8 Å². The number of fused-ring (bicyclic) bond motifs is 1. The van der Waals surface area contributed by atoms with Gasteiger partial charge in [0.15, 0.2) is 5.65 Å². The van der Waals surface area contributed by atoms with Gasteiger partial charge < -0.3 is 19.5 Å². The second-order valence-corrected chi connectivity index (χ2v) is 7.72. The van der Waals surface area contributed by atoms with Gasteiger partial charge in [-0.05, 0) is 35.9 Å². The van der Waals surface area contributed by atoms with Gasteiger partial charge in [-0.2, -0.15) is 5.10 Å². The van der Waals surface area contributed by atoms with Gasteiger partial charge in [-0.25, -0.2) is 14.4 Å². The van der Waals surface area contributed by atoms with Crippen LogP contribution in [-0.2, 0) is 26.4 Å². The number of nitrogens with zero attached hydrogens (tertiary/aromatic N) is 4. The molecule has 5 rings (SSSR count). The number of H-pyrrole nitrogens is 1. The number of methoxy groups -OCH3 is 1. The van der Waals surface area contributed by atoms with Crippen LogP contribution < -0.4 is 10.1 Å². The van der Waals surface area contributed by atoms with Crippen molar-refractivity contribution in [2.45, 2.75) is 19.4 Å². The van der Waals surface area contributed by atoms with E-state index in [4.69, 9.17) is 9.15 Å². The van der Waals surface area contributed by atoms with Crippen LogP contribution in [0.15, 0.2) is 59.6 Å². The normalized spacial score (nSPS) is 11.2. The van der Waals surface area contributed by atoms with E-state index in [0.29, 0.717) is 28.9 Å². The summed E-state index contributed by atoms with van der Waals surface area (Å²) in [6, 6.07) is 8.97. The third-order valence-electron chi connectivity index (χ3n) is 5.50. The average molecular weight is 446 g/mol. The lowest BCUT2D eigenvalue weighted by Gasteiger charge is -2.13. The van der Waals surface area contributed by atoms with Crippen molar-refractivity contribution in [2.75, 3.05) is 12.4 Å². The van der Waals surface area contributed by atoms with Crippen LogP contribution in [0, 0.1) is 5.82 Å². The number of nitrogens with one attached hydrogen (secondary N) is 2. The molecule has 0 radical (unpaired) electrons. The number of imidazole rings is 1. The lowest BCUT2D eigenvalue weighted by molar-refractivity contribution is 0.405. The summed E-state index contributed by atoms with van der Waals surface area (Å²) in [5.74, 6) is 1.83. The molecule has 0 aliphatic heterocycles. The van der Waals surface area contributed by atoms with Gasteiger partial charge in [0.1, 0.15) is 28.7 Å². The van der Waals surface area contributed by atoms with Gasteiger partial charge in [0, 0.05) is 50.0 Å². The Morgan fingerprint density at radius 1 is 1.21 bits per heavy atom. The van der Waals surface area contributed by atoms with E-state index in [1.807, 2.05) is 37.5 Å². The van der Waals surface area contributed by atoms with E-state index in [1.165, 1.54) is 13.2 Å². The monoisotopic (exact) mass is 446 g/mol. The SMILES string of the molecule is COc1cc(-c2cnn(C)c2)cc(F)c1CNc1ccnc2nc(CCc3ccco3)[nH]c12. The van der Waals surface area contributed by atoms with Crippen LogP contribution in [0.4, 0.5) is 10.1 Å². The molecule has 1 aromatic carbocycles. The number of aryl methyl sites for hydroxylation is 3. The van der Waals surface area contributed by atoms with Crippen molar-refractivity contribution in [3.8, 4) is 16.9 Å². The fourth-order valence-electron chi connectivity index (χ4n) is 3.81. The zero-order valence-electron chi connectivity index (χ0n) is 18.3. The highest BCUT2D eigenvalue weighted by Crippen LogP contribution is 2.31. The van der Waals surface area contributed by atoms with Crippen molar-refractivity contribution >= 4 is 16.9 Å². The van der Waals surface area contributed by atoms with Gasteiger partial charge in [0.2, 0.25) is 0 Å². The molecular weight excluding hydrogens is 423 g/mol. The van der Waals surface area contributed by atoms with Gasteiger partial charge in [-0.3, -0.25) is 4.68 Å². The van der Waals surface area contributed by atoms with E-state index in [1.54, 1.807) is 23.3 Å². The third-order valence-corrected chi connectivity index (χ3v) is 5.50. The molecule has 2 N–H and O–H groups in total. The Bertz CT molecular complexity index is 1390. The maximum Gasteiger partial charge on any atom is 0.179 e. The molecular formula is C24H23FN6O2. The molecule has 4 aromatic heterocycles. The summed E-state index contributed by atoms with van der Waals surface area (Å²) in [7, 11) is 3.36. The van der Waals surface area contributed by atoms with Crippen LogP contribution >= 0.6 is 0 Å². The number of aromatic amines is 1. The molecule has 4 heterocycles. The van der Waals surface area contributed by atoms with Crippen LogP contribution in [-0.4, -0.2) is 31.8 Å². The minimum absolute atomic E-state index is 0.238. The van der Waals surface area contributed by atoms with Crippen LogP contribution in [0.2, 0.25) is 0 Å². The molecule has 0 saturated heterocycles. The van der Waals surface area contributed by atoms with Crippen molar-refractivity contribution in [1.29, 1.82) is 0 Å². The van der Waals surface area contributed by atoms with Gasteiger partial charge in [-0.1, -0.05) is 0 Å². The highest BCUT2D eigenvalue weighted by atomic mass is 19.1. The molecule has 33 heavy (non-hydrogen) atoms. The summed E-state index contributed by atoms with van der Waals surface area (Å²) in [5, 5.41) is 7.46. The number of halogens is 1. The summed E-state index contributed by atoms with van der Waals surface area (Å²) < 4.78 is 27.6. The number of aromatic nitrogens is 5. The Morgan fingerprint density at radius 2 is 2.12 bits per heavy atom. The fraction of sp³-hybridized carbons (Fsp3) is 0.208. The van der Waals surface area contributed by atoms with Crippen molar-refractivity contribution in [3.63, 3.8) is 0 Å². The first-order valence-electron chi connectivity index (χ1n) is 10.6. The number of ether oxygens (including phenoxy) is 1. The summed E-state index contributed by atoms with van der Waals surface area (Å²) in [5.41, 5.74) is 4.14. The number of anilines is 1. The van der Waals surface area contributed by atoms with Gasteiger partial charge in [0.25, 0.3) is 0 Å². The zero-order valence-corrected chi connectivity index (χ0v) is 18.3. The zero-order chi connectivity index (χ0) is 22.8. The molecule has 0 fully saturated rings. The summed E-state index contributed by atoms with van der Waals surface area (Å²) in [6.07, 6.45) is 8.31. The molecule has 5 aromatic rings. The quantitative estimate of drug-likeness (QED) is 0.365. The van der Waals surface area contributed by atoms with Gasteiger partial charge >= 0.3 is 0 Å². The van der Waals surface area contributed by atoms with E-state index in [-0.39, 0.29) is 12.4 Å². The molecule has 0 bridgehead atoms. The lowest BCUT2D eigenvalue weighted by atomic mass is 10.0. The fourth-order valence-corrected chi connectivity index (χ4v) is 3.81. The first-order valence-corrected chi connectivity index (χ1v) is 10.6. The standard InChI is InChI=1S/C24H23FN6O2/c1-31-14-16(12-28-31)15-10-19(25)18(21(11-15)32-2)13-27-20-7-8-26-24-23(20)29-22(30-24)6-5-17-4-3-9-33-17/h3-4,7-12,14H,5-6,13H2,1-2H3,(H2,26,27,29,30). The van der Waals surface area contributed by atoms with Crippen molar-refractivity contribution < 1.29 is 13.5 Å². The van der Waals surface area contributed by atoms with Crippen LogP contribution in [0.25, 0.3) is 22.3 Å². The van der Waals surface area contributed by atoms with Crippen LogP contribution in [0.1, 0.15) is 17.1 Å². The maximum absolute atomic E-state index is 15.1. The Labute approximate surface area is 189 Å². The van der Waals surface area contributed by atoms with Crippen molar-refractivity contribution in [3.05, 3.63) is 78.2 Å². The predicted octanol–water partition coefficient (Wildman–Crippen LogP) is 4.50. The highest BCUT2D eigenvalue weighted by Gasteiger charge is 2.15. The van der Waals surface area contributed by atoms with E-state index >= 15 is 4.39 Å². The van der Waals surface area contributed by atoms with E-state index < -0.39 is 0 Å². The molecule has 8 nitrogen and oxygen atoms in total. The predicted molar refractivity (Wildman–Crippen MR) is 122 cm³/mol. The van der Waals surface area contributed by atoms with Crippen molar-refractivity contribution in [1.82, 2.24) is 24.7 Å². The molecule has 0 aliphatic rings. The lowest BCUT2D eigenvalue weighted by Crippen LogP contribution is -2.05. The smallest absolute Gasteiger partial charge is 0.179 e. The Hall–Kier alpha value is -4.14. The summed E-state index contributed by atoms with van der Waals surface area (Å²) >= 11 is 0. The molecule has 9 heteroatoms. The molecule has 0 amide bonds. The number of hydrogen-bond acceptors (Lipinski definition) is 6. The van der Waals surface area contributed by atoms with E-state index in [0.717, 1.165) is 34.8 Å². The number of hydrogen-bond donors (Lipinski definition) is 2. The Balaban J connectivity index is 1.37. The number of pyridine rings is 1. The first-order chi connectivity index (χ1) is 16.1. The Morgan fingerprint density at radius 3 is 2.88 bits per heavy atom. The van der Waals surface area contributed by atoms with E-state index in [2.05, 4.69) is 25.4 Å². The number of furan rings is 1. The molecule has 0 saturated carbocycles. The average Bonchev–Trinajstić information content (AvgIpc) is 3.57. The van der Waals surface area contributed by atoms with Crippen LogP contribution in [0.3, 0.4) is 0 Å². The summed E-state index contributed by atoms with van der Waals surface area (Å²) in [4.78, 5) is 12.2. The molecule has 0 aliphatic carbocycles. The van der Waals surface area contributed by atoms with E-state index in [9.17, 15) is 0 Å². The first kappa shape index (κ1) is 20.7. The largest absolute Gasteiger partial charge is 0.496 e. The summed E-state index contributed by atoms with van der Waals surface area (Å²) in [6.45, 7) is 0.238. The van der Waals surface area contributed by atoms with Crippen molar-refractivity contribution in [2.24, 2.45) is 7.05 Å². The number of benzene rings is 1. The molecule has 0 spiro atoms. The second-order valence-electron chi connectivity index (χ2n) is 7.72.